The fraction of sp³-hybridized carbons (Fsp3) is 0.500. The average molecular weight is 311 g/mol. The van der Waals surface area contributed by atoms with E-state index in [2.05, 4.69) is 0 Å². The van der Waals surface area contributed by atoms with E-state index in [1.54, 1.807) is 20.8 Å². The molecule has 0 aliphatic carbocycles. The molecule has 0 rings (SSSR count). The lowest BCUT2D eigenvalue weighted by atomic mass is 10.0. The normalized spacial score (nSPS) is 15.5. The van der Waals surface area contributed by atoms with Gasteiger partial charge in [0.05, 0.1) is 10.9 Å². The number of rotatable bonds is 3. The van der Waals surface area contributed by atoms with E-state index in [-0.39, 0.29) is 17.3 Å². The Morgan fingerprint density at radius 1 is 1.25 bits per heavy atom. The number of carboxylic acid groups (broad SMARTS) is 1. The van der Waals surface area contributed by atoms with Crippen molar-refractivity contribution in [2.45, 2.75) is 39.0 Å². The highest BCUT2D eigenvalue weighted by Gasteiger charge is 2.39. The zero-order chi connectivity index (χ0) is 16.6. The Balaban J connectivity index is 0. The minimum atomic E-state index is -2.42. The second kappa shape index (κ2) is 8.42. The first-order valence-corrected chi connectivity index (χ1v) is 5.85. The molecule has 6 nitrogen and oxygen atoms in total. The Hall–Kier alpha value is -1.76. The number of hydrogen-bond acceptors (Lipinski definition) is 5. The van der Waals surface area contributed by atoms with Crippen molar-refractivity contribution < 1.29 is 23.8 Å². The number of halogens is 2. The Morgan fingerprint density at radius 3 is 1.95 bits per heavy atom. The molecule has 1 atom stereocenters. The lowest BCUT2D eigenvalue weighted by Gasteiger charge is -2.26. The molecule has 8 heteroatoms. The van der Waals surface area contributed by atoms with Crippen LogP contribution >= 0.6 is 11.6 Å². The molecule has 0 heterocycles. The van der Waals surface area contributed by atoms with Crippen LogP contribution in [0.15, 0.2) is 23.0 Å². The molecule has 0 aromatic rings. The molecule has 0 amide bonds. The summed E-state index contributed by atoms with van der Waals surface area (Å²) in [7, 11) is 0. The molecule has 116 valence electrons. The van der Waals surface area contributed by atoms with E-state index in [0.717, 1.165) is 13.0 Å². The van der Waals surface area contributed by atoms with Gasteiger partial charge < -0.3 is 21.3 Å². The first-order chi connectivity index (χ1) is 8.88. The number of carbonyl (C=O) groups excluding carboxylic acids is 1. The summed E-state index contributed by atoms with van der Waals surface area (Å²) in [6.07, 6.45) is 2.32. The van der Waals surface area contributed by atoms with Crippen LogP contribution in [0.4, 0.5) is 4.39 Å². The second-order valence-corrected chi connectivity index (χ2v) is 5.22. The van der Waals surface area contributed by atoms with Crippen molar-refractivity contribution in [3.05, 3.63) is 23.0 Å². The van der Waals surface area contributed by atoms with Crippen molar-refractivity contribution in [1.82, 2.24) is 0 Å². The molecule has 5 N–H and O–H groups in total. The van der Waals surface area contributed by atoms with Crippen molar-refractivity contribution in [3.63, 3.8) is 0 Å². The number of allylic oxidation sites excluding steroid dienone is 2. The minimum Gasteiger partial charge on any atom is -0.483 e. The van der Waals surface area contributed by atoms with Crippen LogP contribution < -0.4 is 11.5 Å². The molecule has 20 heavy (non-hydrogen) atoms. The monoisotopic (exact) mass is 310 g/mol. The highest BCUT2D eigenvalue weighted by Crippen LogP contribution is 2.23. The summed E-state index contributed by atoms with van der Waals surface area (Å²) in [5, 5.41) is 6.83. The van der Waals surface area contributed by atoms with E-state index in [1.165, 1.54) is 6.08 Å². The molecule has 0 saturated heterocycles. The van der Waals surface area contributed by atoms with Gasteiger partial charge in [-0.3, -0.25) is 4.79 Å². The summed E-state index contributed by atoms with van der Waals surface area (Å²) >= 11 is 5.36. The maximum Gasteiger partial charge on any atom is 0.350 e. The maximum atomic E-state index is 14.1. The van der Waals surface area contributed by atoms with Crippen molar-refractivity contribution in [2.24, 2.45) is 11.5 Å². The predicted octanol–water partition coefficient (Wildman–Crippen LogP) is 1.64. The Bertz CT molecular complexity index is 397. The molecule has 0 radical (unpaired) electrons. The smallest absolute Gasteiger partial charge is 0.350 e. The average Bonchev–Trinajstić information content (AvgIpc) is 2.24. The number of hydrogen-bond donors (Lipinski definition) is 3. The third-order valence-corrected chi connectivity index (χ3v) is 1.87. The third kappa shape index (κ3) is 9.21. The first-order valence-electron chi connectivity index (χ1n) is 5.47. The van der Waals surface area contributed by atoms with Crippen LogP contribution in [-0.4, -0.2) is 28.8 Å². The van der Waals surface area contributed by atoms with Crippen LogP contribution in [0, 0.1) is 0 Å². The van der Waals surface area contributed by atoms with Crippen molar-refractivity contribution in [1.29, 1.82) is 0 Å². The molecule has 0 aromatic carbocycles. The molecule has 0 aromatic heterocycles. The van der Waals surface area contributed by atoms with Crippen LogP contribution in [0.25, 0.3) is 0 Å². The number of nitrogens with two attached hydrogens (primary N) is 2. The molecular formula is C12H20ClFN2O4. The maximum absolute atomic E-state index is 14.1. The van der Waals surface area contributed by atoms with E-state index < -0.39 is 17.2 Å². The van der Waals surface area contributed by atoms with Gasteiger partial charge in [-0.15, -0.1) is 0 Å². The van der Waals surface area contributed by atoms with Gasteiger partial charge in [0, 0.05) is 0 Å². The van der Waals surface area contributed by atoms with Crippen LogP contribution in [-0.2, 0) is 14.3 Å². The summed E-state index contributed by atoms with van der Waals surface area (Å²) < 4.78 is 19.0. The van der Waals surface area contributed by atoms with Gasteiger partial charge in [-0.2, -0.15) is 0 Å². The third-order valence-electron chi connectivity index (χ3n) is 1.75. The lowest BCUT2D eigenvalue weighted by Crippen LogP contribution is -2.41. The van der Waals surface area contributed by atoms with E-state index in [9.17, 15) is 9.18 Å². The molecule has 0 fully saturated rings. The van der Waals surface area contributed by atoms with Crippen molar-refractivity contribution >= 4 is 24.0 Å². The van der Waals surface area contributed by atoms with E-state index in [0.29, 0.717) is 0 Å². The Morgan fingerprint density at radius 2 is 1.65 bits per heavy atom. The number of esters is 1. The predicted molar refractivity (Wildman–Crippen MR) is 74.4 cm³/mol. The molecule has 0 aliphatic heterocycles. The topological polar surface area (TPSA) is 116 Å². The van der Waals surface area contributed by atoms with Crippen LogP contribution in [0.1, 0.15) is 27.7 Å². The summed E-state index contributed by atoms with van der Waals surface area (Å²) in [5.74, 6) is -1.06. The fourth-order valence-electron chi connectivity index (χ4n) is 0.818. The van der Waals surface area contributed by atoms with Gasteiger partial charge in [-0.1, -0.05) is 11.6 Å². The van der Waals surface area contributed by atoms with Gasteiger partial charge >= 0.3 is 5.97 Å². The van der Waals surface area contributed by atoms with Gasteiger partial charge in [0.15, 0.2) is 0 Å². The number of ether oxygens (including phenoxy) is 1. The number of alkyl halides is 1. The standard InChI is InChI=1S/C11H18ClFN2O2.CH2O2/c1-10(2,3)17-9(16)11(4,13)7(14)5-6-8(12)15;2-1-3/h5-6H,14-15H2,1-4H3;1H,(H,2,3)/b7-5-,8-6-;. The van der Waals surface area contributed by atoms with Gasteiger partial charge in [0.1, 0.15) is 5.60 Å². The highest BCUT2D eigenvalue weighted by molar-refractivity contribution is 6.29. The zero-order valence-corrected chi connectivity index (χ0v) is 12.6. The molecule has 0 aliphatic rings. The van der Waals surface area contributed by atoms with E-state index in [1.807, 2.05) is 0 Å². The summed E-state index contributed by atoms with van der Waals surface area (Å²) in [5.41, 5.74) is 7.07. The molecule has 0 bridgehead atoms. The van der Waals surface area contributed by atoms with E-state index >= 15 is 0 Å². The molecule has 0 spiro atoms. The minimum absolute atomic E-state index is 0.0621. The van der Waals surface area contributed by atoms with Crippen LogP contribution in [0.3, 0.4) is 0 Å². The van der Waals surface area contributed by atoms with Gasteiger partial charge in [0.2, 0.25) is 5.67 Å². The Labute approximate surface area is 122 Å². The van der Waals surface area contributed by atoms with E-state index in [4.69, 9.17) is 37.7 Å². The number of carbonyl (C=O) groups is 2. The lowest BCUT2D eigenvalue weighted by molar-refractivity contribution is -0.165. The Kier molecular flexibility index (Phi) is 8.65. The summed E-state index contributed by atoms with van der Waals surface area (Å²) in [6, 6.07) is 0. The first kappa shape index (κ1) is 20.6. The molecule has 0 saturated carbocycles. The van der Waals surface area contributed by atoms with Gasteiger partial charge in [0.25, 0.3) is 6.47 Å². The molecule has 1 unspecified atom stereocenters. The van der Waals surface area contributed by atoms with Gasteiger partial charge in [-0.25, -0.2) is 9.18 Å². The van der Waals surface area contributed by atoms with Crippen molar-refractivity contribution in [2.75, 3.05) is 0 Å². The summed E-state index contributed by atoms with van der Waals surface area (Å²) in [4.78, 5) is 19.9. The highest BCUT2D eigenvalue weighted by atomic mass is 35.5. The van der Waals surface area contributed by atoms with Crippen LogP contribution in [0.5, 0.6) is 0 Å². The van der Waals surface area contributed by atoms with Crippen LogP contribution in [0.2, 0.25) is 0 Å². The quantitative estimate of drug-likeness (QED) is 0.316. The van der Waals surface area contributed by atoms with Gasteiger partial charge in [-0.05, 0) is 39.8 Å². The SMILES string of the molecule is CC(C)(C)OC(=O)C(C)(F)/C(N)=C/C=C(\N)Cl.O=CO. The zero-order valence-electron chi connectivity index (χ0n) is 11.8. The largest absolute Gasteiger partial charge is 0.483 e. The second-order valence-electron chi connectivity index (χ2n) is 4.78. The fourth-order valence-corrected chi connectivity index (χ4v) is 0.881. The molecular weight excluding hydrogens is 291 g/mol. The summed E-state index contributed by atoms with van der Waals surface area (Å²) in [6.45, 7) is 5.68. The van der Waals surface area contributed by atoms with Crippen molar-refractivity contribution in [3.8, 4) is 0 Å².